The van der Waals surface area contributed by atoms with Crippen molar-refractivity contribution in [2.75, 3.05) is 5.75 Å². The summed E-state index contributed by atoms with van der Waals surface area (Å²) in [5, 5.41) is 9.71. The van der Waals surface area contributed by atoms with Crippen molar-refractivity contribution in [2.45, 2.75) is 45.1 Å². The lowest BCUT2D eigenvalue weighted by atomic mass is 9.89. The topological polar surface area (TPSA) is 93.6 Å². The highest BCUT2D eigenvalue weighted by molar-refractivity contribution is 7.91. The maximum absolute atomic E-state index is 14.3. The molecule has 6 nitrogen and oxygen atoms in total. The van der Waals surface area contributed by atoms with E-state index in [4.69, 9.17) is 16.3 Å². The Morgan fingerprint density at radius 2 is 1.90 bits per heavy atom. The number of carboxylic acids is 1. The van der Waals surface area contributed by atoms with Gasteiger partial charge in [-0.1, -0.05) is 51.1 Å². The number of aliphatic carboxylic acids is 1. The number of sulfone groups is 1. The van der Waals surface area contributed by atoms with E-state index in [1.54, 1.807) is 27.7 Å². The van der Waals surface area contributed by atoms with Gasteiger partial charge in [0.25, 0.3) is 0 Å². The highest BCUT2D eigenvalue weighted by Gasteiger charge is 2.34. The molecule has 0 aliphatic rings. The predicted octanol–water partition coefficient (Wildman–Crippen LogP) is 4.34. The van der Waals surface area contributed by atoms with Crippen LogP contribution in [0.25, 0.3) is 0 Å². The second-order valence-corrected chi connectivity index (χ2v) is 10.5. The molecule has 166 valence electrons. The summed E-state index contributed by atoms with van der Waals surface area (Å²) in [6, 6.07) is 4.82. The van der Waals surface area contributed by atoms with Crippen molar-refractivity contribution < 1.29 is 27.4 Å². The third kappa shape index (κ3) is 6.42. The summed E-state index contributed by atoms with van der Waals surface area (Å²) < 4.78 is 44.4. The summed E-state index contributed by atoms with van der Waals surface area (Å²) >= 11 is 5.98. The van der Waals surface area contributed by atoms with E-state index in [9.17, 15) is 22.7 Å². The van der Waals surface area contributed by atoms with Crippen molar-refractivity contribution in [1.29, 1.82) is 0 Å². The van der Waals surface area contributed by atoms with Crippen LogP contribution in [0.3, 0.4) is 0 Å². The third-order valence-electron chi connectivity index (χ3n) is 4.16. The Kier molecular flexibility index (Phi) is 7.68. The van der Waals surface area contributed by atoms with E-state index in [1.807, 2.05) is 0 Å². The normalized spacial score (nSPS) is 12.6. The van der Waals surface area contributed by atoms with Gasteiger partial charge in [-0.2, -0.15) is 0 Å². The molecule has 9 heteroatoms. The number of halogens is 2. The number of hydrogen-bond acceptors (Lipinski definition) is 5. The zero-order valence-corrected chi connectivity index (χ0v) is 19.1. The molecular weight excluding hydrogens is 445 g/mol. The van der Waals surface area contributed by atoms with Crippen molar-refractivity contribution in [3.63, 3.8) is 0 Å². The monoisotopic (exact) mass is 467 g/mol. The van der Waals surface area contributed by atoms with Gasteiger partial charge < -0.3 is 9.84 Å². The molecule has 1 aromatic heterocycles. The molecule has 1 heterocycles. The molecule has 1 aromatic carbocycles. The lowest BCUT2D eigenvalue weighted by Crippen LogP contribution is -2.39. The van der Waals surface area contributed by atoms with Gasteiger partial charge in [0, 0.05) is 11.6 Å². The fourth-order valence-electron chi connectivity index (χ4n) is 2.63. The second-order valence-electron chi connectivity index (χ2n) is 7.92. The molecule has 1 atom stereocenters. The van der Waals surface area contributed by atoms with E-state index < -0.39 is 33.1 Å². The molecule has 0 bridgehead atoms. The number of rotatable bonds is 6. The highest BCUT2D eigenvalue weighted by atomic mass is 35.5. The summed E-state index contributed by atoms with van der Waals surface area (Å²) in [7, 11) is -3.55. The molecule has 0 aliphatic carbocycles. The number of hydrogen-bond donors (Lipinski definition) is 1. The zero-order chi connectivity index (χ0) is 23.4. The first kappa shape index (κ1) is 24.6. The Bertz CT molecular complexity index is 1150. The third-order valence-corrected chi connectivity index (χ3v) is 6.28. The predicted molar refractivity (Wildman–Crippen MR) is 115 cm³/mol. The van der Waals surface area contributed by atoms with Crippen LogP contribution in [-0.4, -0.2) is 36.3 Å². The van der Waals surface area contributed by atoms with Crippen molar-refractivity contribution in [2.24, 2.45) is 5.41 Å². The number of benzene rings is 1. The molecule has 0 amide bonds. The van der Waals surface area contributed by atoms with E-state index in [0.29, 0.717) is 6.42 Å². The molecule has 0 aliphatic heterocycles. The summed E-state index contributed by atoms with van der Waals surface area (Å²) in [4.78, 5) is 15.6. The van der Waals surface area contributed by atoms with Gasteiger partial charge >= 0.3 is 5.97 Å². The molecule has 0 saturated heterocycles. The first-order valence-electron chi connectivity index (χ1n) is 9.44. The van der Waals surface area contributed by atoms with E-state index in [1.165, 1.54) is 24.4 Å². The number of ether oxygens (including phenoxy) is 1. The van der Waals surface area contributed by atoms with Crippen LogP contribution in [0.5, 0.6) is 5.88 Å². The molecule has 1 N–H and O–H groups in total. The summed E-state index contributed by atoms with van der Waals surface area (Å²) in [5.41, 5.74) is -0.732. The maximum atomic E-state index is 14.3. The quantitative estimate of drug-likeness (QED) is 0.502. The number of pyridine rings is 1. The van der Waals surface area contributed by atoms with Gasteiger partial charge in [-0.3, -0.25) is 0 Å². The fourth-order valence-corrected chi connectivity index (χ4v) is 4.14. The number of aromatic nitrogens is 1. The van der Waals surface area contributed by atoms with E-state index >= 15 is 0 Å². The van der Waals surface area contributed by atoms with Crippen LogP contribution in [0.2, 0.25) is 5.02 Å². The van der Waals surface area contributed by atoms with Crippen molar-refractivity contribution in [1.82, 2.24) is 4.98 Å². The molecule has 2 aromatic rings. The summed E-state index contributed by atoms with van der Waals surface area (Å²) in [6.45, 7) is 6.83. The molecule has 2 rings (SSSR count). The Hall–Kier alpha value is -2.63. The first-order chi connectivity index (χ1) is 14.3. The molecule has 0 saturated carbocycles. The summed E-state index contributed by atoms with van der Waals surface area (Å²) in [6.07, 6.45) is 0.483. The van der Waals surface area contributed by atoms with Gasteiger partial charge in [0.05, 0.1) is 26.8 Å². The lowest BCUT2D eigenvalue weighted by molar-refractivity contribution is -0.150. The summed E-state index contributed by atoms with van der Waals surface area (Å²) in [5.74, 6) is 3.23. The highest BCUT2D eigenvalue weighted by Crippen LogP contribution is 2.27. The van der Waals surface area contributed by atoms with E-state index in [-0.39, 0.29) is 32.7 Å². The molecule has 0 fully saturated rings. The Balaban J connectivity index is 2.50. The van der Waals surface area contributed by atoms with Gasteiger partial charge in [-0.15, -0.1) is 0 Å². The van der Waals surface area contributed by atoms with Crippen molar-refractivity contribution in [3.8, 4) is 17.7 Å². The number of carboxylic acid groups (broad SMARTS) is 1. The van der Waals surface area contributed by atoms with Crippen LogP contribution < -0.4 is 4.74 Å². The average Bonchev–Trinajstić information content (AvgIpc) is 2.65. The number of carbonyl (C=O) groups is 1. The lowest BCUT2D eigenvalue weighted by Gasteiger charge is -2.27. The van der Waals surface area contributed by atoms with Crippen LogP contribution in [0.4, 0.5) is 4.39 Å². The smallest absolute Gasteiger partial charge is 0.345 e. The molecular formula is C22H23ClFNO5S. The standard InChI is InChI=1S/C22H23ClFNO5S/c1-5-10-31(28,29)17-8-9-18(24)14(12-17)6-7-15-11-16(23)13-25-20(15)30-19(21(26)27)22(2,3)4/h8-9,11-13,19H,5,10H2,1-4H3,(H,26,27). The van der Waals surface area contributed by atoms with E-state index in [0.717, 1.165) is 6.07 Å². The van der Waals surface area contributed by atoms with Crippen molar-refractivity contribution in [3.05, 3.63) is 52.4 Å². The first-order valence-corrected chi connectivity index (χ1v) is 11.5. The van der Waals surface area contributed by atoms with Gasteiger partial charge in [-0.25, -0.2) is 22.6 Å². The van der Waals surface area contributed by atoms with Crippen LogP contribution in [0, 0.1) is 23.1 Å². The van der Waals surface area contributed by atoms with Gasteiger partial charge in [-0.05, 0) is 30.7 Å². The van der Waals surface area contributed by atoms with Gasteiger partial charge in [0.2, 0.25) is 12.0 Å². The Morgan fingerprint density at radius 3 is 2.48 bits per heavy atom. The van der Waals surface area contributed by atoms with Crippen LogP contribution in [-0.2, 0) is 14.6 Å². The SMILES string of the molecule is CCCS(=O)(=O)c1ccc(F)c(C#Cc2cc(Cl)cnc2OC(C(=O)O)C(C)(C)C)c1. The van der Waals surface area contributed by atoms with Gasteiger partial charge in [0.1, 0.15) is 5.82 Å². The van der Waals surface area contributed by atoms with Crippen LogP contribution >= 0.6 is 11.6 Å². The molecule has 0 spiro atoms. The maximum Gasteiger partial charge on any atom is 0.345 e. The zero-order valence-electron chi connectivity index (χ0n) is 17.6. The van der Waals surface area contributed by atoms with Crippen molar-refractivity contribution >= 4 is 27.4 Å². The largest absolute Gasteiger partial charge is 0.478 e. The second kappa shape index (κ2) is 9.67. The average molecular weight is 468 g/mol. The Morgan fingerprint density at radius 1 is 1.26 bits per heavy atom. The van der Waals surface area contributed by atoms with Gasteiger partial charge in [0.15, 0.2) is 9.84 Å². The van der Waals surface area contributed by atoms with E-state index in [2.05, 4.69) is 16.8 Å². The van der Waals surface area contributed by atoms with Crippen LogP contribution in [0.1, 0.15) is 45.2 Å². The minimum Gasteiger partial charge on any atom is -0.478 e. The minimum absolute atomic E-state index is 0.0283. The molecule has 31 heavy (non-hydrogen) atoms. The molecule has 0 radical (unpaired) electrons. The minimum atomic E-state index is -3.55. The Labute approximate surface area is 186 Å². The fraction of sp³-hybridized carbons (Fsp3) is 0.364. The van der Waals surface area contributed by atoms with Crippen LogP contribution in [0.15, 0.2) is 35.4 Å². The number of nitrogens with zero attached hydrogens (tertiary/aromatic N) is 1. The molecule has 1 unspecified atom stereocenters.